The average molecular weight is 410 g/mol. The second-order valence-electron chi connectivity index (χ2n) is 4.20. The van der Waals surface area contributed by atoms with E-state index in [4.69, 9.17) is 0 Å². The first-order chi connectivity index (χ1) is 10.7. The predicted octanol–water partition coefficient (Wildman–Crippen LogP) is 4.37. The lowest BCUT2D eigenvalue weighted by Gasteiger charge is -2.12. The van der Waals surface area contributed by atoms with Gasteiger partial charge in [-0.2, -0.15) is 13.2 Å². The van der Waals surface area contributed by atoms with Gasteiger partial charge in [-0.25, -0.2) is 14.4 Å². The highest BCUT2D eigenvalue weighted by atomic mass is 79.9. The van der Waals surface area contributed by atoms with Crippen molar-refractivity contribution in [2.45, 2.75) is 11.3 Å². The average Bonchev–Trinajstić information content (AvgIpc) is 2.48. The fourth-order valence-electron chi connectivity index (χ4n) is 1.63. The Morgan fingerprint density at radius 3 is 2.61 bits per heavy atom. The summed E-state index contributed by atoms with van der Waals surface area (Å²) < 4.78 is 53.2. The minimum Gasteiger partial charge on any atom is -0.319 e. The van der Waals surface area contributed by atoms with Crippen LogP contribution in [0.3, 0.4) is 0 Å². The van der Waals surface area contributed by atoms with Crippen molar-refractivity contribution in [2.75, 3.05) is 11.6 Å². The van der Waals surface area contributed by atoms with Crippen molar-refractivity contribution in [1.29, 1.82) is 0 Å². The molecule has 4 nitrogen and oxygen atoms in total. The van der Waals surface area contributed by atoms with Crippen molar-refractivity contribution in [2.24, 2.45) is 0 Å². The minimum atomic E-state index is -4.83. The van der Waals surface area contributed by atoms with Crippen LogP contribution in [0.1, 0.15) is 16.1 Å². The summed E-state index contributed by atoms with van der Waals surface area (Å²) in [6.45, 7) is 0. The maximum Gasteiger partial charge on any atom is 0.434 e. The molecule has 0 fully saturated rings. The summed E-state index contributed by atoms with van der Waals surface area (Å²) >= 11 is 3.95. The number of benzene rings is 1. The molecule has 0 unspecified atom stereocenters. The van der Waals surface area contributed by atoms with E-state index < -0.39 is 29.2 Å². The van der Waals surface area contributed by atoms with Crippen LogP contribution in [0.4, 0.5) is 23.2 Å². The van der Waals surface area contributed by atoms with Gasteiger partial charge in [-0.15, -0.1) is 0 Å². The summed E-state index contributed by atoms with van der Waals surface area (Å²) in [5, 5.41) is 1.96. The molecule has 0 saturated heterocycles. The van der Waals surface area contributed by atoms with Crippen molar-refractivity contribution < 1.29 is 22.4 Å². The Balaban J connectivity index is 2.39. The summed E-state index contributed by atoms with van der Waals surface area (Å²) in [5.41, 5.74) is -2.40. The third kappa shape index (κ3) is 4.20. The van der Waals surface area contributed by atoms with E-state index in [2.05, 4.69) is 31.2 Å². The van der Waals surface area contributed by atoms with Gasteiger partial charge in [0.1, 0.15) is 5.82 Å². The van der Waals surface area contributed by atoms with E-state index in [1.54, 1.807) is 0 Å². The van der Waals surface area contributed by atoms with Crippen LogP contribution >= 0.6 is 27.7 Å². The molecule has 0 aliphatic heterocycles. The first-order valence-electron chi connectivity index (χ1n) is 5.97. The summed E-state index contributed by atoms with van der Waals surface area (Å²) in [6.07, 6.45) is -2.56. The number of thioether (sulfide) groups is 1. The molecule has 2 aromatic rings. The van der Waals surface area contributed by atoms with E-state index >= 15 is 0 Å². The molecule has 0 saturated carbocycles. The van der Waals surface area contributed by atoms with Gasteiger partial charge in [-0.05, 0) is 24.5 Å². The molecule has 1 heterocycles. The summed E-state index contributed by atoms with van der Waals surface area (Å²) in [5.74, 6) is -1.94. The van der Waals surface area contributed by atoms with Crippen LogP contribution in [0.5, 0.6) is 0 Å². The highest BCUT2D eigenvalue weighted by Crippen LogP contribution is 2.31. The second-order valence-corrected chi connectivity index (χ2v) is 5.88. The molecule has 0 bridgehead atoms. The number of hydrogen-bond donors (Lipinski definition) is 1. The van der Waals surface area contributed by atoms with E-state index in [0.29, 0.717) is 4.47 Å². The number of nitrogens with one attached hydrogen (secondary N) is 1. The van der Waals surface area contributed by atoms with Gasteiger partial charge in [-0.1, -0.05) is 27.7 Å². The summed E-state index contributed by atoms with van der Waals surface area (Å²) in [7, 11) is 0. The van der Waals surface area contributed by atoms with Crippen molar-refractivity contribution in [3.05, 3.63) is 45.9 Å². The Bertz CT molecular complexity index is 754. The quantitative estimate of drug-likeness (QED) is 0.464. The molecule has 10 heteroatoms. The van der Waals surface area contributed by atoms with Gasteiger partial charge in [0.05, 0.1) is 11.3 Å². The zero-order valence-corrected chi connectivity index (χ0v) is 13.8. The molecule has 0 aliphatic rings. The molecule has 0 atom stereocenters. The fraction of sp³-hybridized carbons (Fsp3) is 0.154. The molecule has 0 spiro atoms. The standard InChI is InChI=1S/C13H8BrF4N3OS/c1-23-12-19-5-7(10(21-12)13(16,17)18)11(22)20-9-3-2-6(14)4-8(9)15/h2-5H,1H3,(H,20,22). The van der Waals surface area contributed by atoms with E-state index in [1.807, 2.05) is 0 Å². The lowest BCUT2D eigenvalue weighted by atomic mass is 10.2. The Kier molecular flexibility index (Phi) is 5.25. The van der Waals surface area contributed by atoms with E-state index in [1.165, 1.54) is 18.4 Å². The number of rotatable bonds is 3. The number of hydrogen-bond acceptors (Lipinski definition) is 4. The lowest BCUT2D eigenvalue weighted by molar-refractivity contribution is -0.142. The second kappa shape index (κ2) is 6.83. The molecule has 0 radical (unpaired) electrons. The summed E-state index contributed by atoms with van der Waals surface area (Å²) in [6, 6.07) is 3.74. The van der Waals surface area contributed by atoms with Gasteiger partial charge in [-0.3, -0.25) is 4.79 Å². The van der Waals surface area contributed by atoms with Crippen LogP contribution in [0.15, 0.2) is 34.0 Å². The Hall–Kier alpha value is -1.68. The molecule has 1 aromatic heterocycles. The minimum absolute atomic E-state index is 0.122. The maximum atomic E-state index is 13.7. The number of halogens is 5. The number of alkyl halides is 3. The van der Waals surface area contributed by atoms with Crippen LogP contribution in [0.25, 0.3) is 0 Å². The van der Waals surface area contributed by atoms with Gasteiger partial charge in [0.2, 0.25) is 0 Å². The van der Waals surface area contributed by atoms with Crippen LogP contribution < -0.4 is 5.32 Å². The highest BCUT2D eigenvalue weighted by molar-refractivity contribution is 9.10. The zero-order chi connectivity index (χ0) is 17.2. The largest absolute Gasteiger partial charge is 0.434 e. The third-order valence-corrected chi connectivity index (χ3v) is 3.70. The SMILES string of the molecule is CSc1ncc(C(=O)Nc2ccc(Br)cc2F)c(C(F)(F)F)n1. The first-order valence-corrected chi connectivity index (χ1v) is 7.98. The molecule has 1 aromatic carbocycles. The van der Waals surface area contributed by atoms with E-state index in [-0.39, 0.29) is 10.8 Å². The molecule has 1 N–H and O–H groups in total. The molecular formula is C13H8BrF4N3OS. The number of nitrogens with zero attached hydrogens (tertiary/aromatic N) is 2. The van der Waals surface area contributed by atoms with E-state index in [0.717, 1.165) is 24.0 Å². The normalized spacial score (nSPS) is 11.4. The maximum absolute atomic E-state index is 13.7. The fourth-order valence-corrected chi connectivity index (χ4v) is 2.30. The lowest BCUT2D eigenvalue weighted by Crippen LogP contribution is -2.21. The van der Waals surface area contributed by atoms with Crippen molar-refractivity contribution in [1.82, 2.24) is 9.97 Å². The summed E-state index contributed by atoms with van der Waals surface area (Å²) in [4.78, 5) is 19.0. The number of anilines is 1. The molecule has 23 heavy (non-hydrogen) atoms. The van der Waals surface area contributed by atoms with Crippen LogP contribution in [0, 0.1) is 5.82 Å². The topological polar surface area (TPSA) is 54.9 Å². The van der Waals surface area contributed by atoms with Gasteiger partial charge in [0.25, 0.3) is 5.91 Å². The monoisotopic (exact) mass is 409 g/mol. The number of aromatic nitrogens is 2. The molecule has 122 valence electrons. The smallest absolute Gasteiger partial charge is 0.319 e. The number of carbonyl (C=O) groups is 1. The van der Waals surface area contributed by atoms with Crippen LogP contribution in [-0.2, 0) is 6.18 Å². The van der Waals surface area contributed by atoms with Gasteiger partial charge in [0, 0.05) is 10.7 Å². The van der Waals surface area contributed by atoms with Crippen molar-refractivity contribution >= 4 is 39.3 Å². The molecular weight excluding hydrogens is 402 g/mol. The third-order valence-electron chi connectivity index (χ3n) is 2.64. The van der Waals surface area contributed by atoms with Crippen molar-refractivity contribution in [3.63, 3.8) is 0 Å². The molecule has 1 amide bonds. The zero-order valence-electron chi connectivity index (χ0n) is 11.4. The Labute approximate surface area is 140 Å². The Morgan fingerprint density at radius 2 is 2.04 bits per heavy atom. The first kappa shape index (κ1) is 17.7. The number of amides is 1. The van der Waals surface area contributed by atoms with Gasteiger partial charge >= 0.3 is 6.18 Å². The predicted molar refractivity (Wildman–Crippen MR) is 80.9 cm³/mol. The number of carbonyl (C=O) groups excluding carboxylic acids is 1. The molecule has 0 aliphatic carbocycles. The molecule has 2 rings (SSSR count). The van der Waals surface area contributed by atoms with Gasteiger partial charge < -0.3 is 5.32 Å². The Morgan fingerprint density at radius 1 is 1.35 bits per heavy atom. The highest BCUT2D eigenvalue weighted by Gasteiger charge is 2.38. The van der Waals surface area contributed by atoms with E-state index in [9.17, 15) is 22.4 Å². The van der Waals surface area contributed by atoms with Crippen LogP contribution in [0.2, 0.25) is 0 Å². The van der Waals surface area contributed by atoms with Crippen LogP contribution in [-0.4, -0.2) is 22.1 Å². The van der Waals surface area contributed by atoms with Crippen molar-refractivity contribution in [3.8, 4) is 0 Å². The van der Waals surface area contributed by atoms with Gasteiger partial charge in [0.15, 0.2) is 10.9 Å².